The molecule has 6 aromatic carbocycles. The molecule has 0 radical (unpaired) electrons. The van der Waals surface area contributed by atoms with Crippen LogP contribution in [0.25, 0.3) is 53.9 Å². The fraction of sp³-hybridized carbons (Fsp3) is 0. The van der Waals surface area contributed by atoms with E-state index in [4.69, 9.17) is 0 Å². The fourth-order valence-electron chi connectivity index (χ4n) is 4.32. The summed E-state index contributed by atoms with van der Waals surface area (Å²) in [6.07, 6.45) is 0. The highest BCUT2D eigenvalue weighted by atomic mass is 14.1. The monoisotopic (exact) mass is 328 g/mol. The van der Waals surface area contributed by atoms with Crippen molar-refractivity contribution in [3.63, 3.8) is 0 Å². The van der Waals surface area contributed by atoms with E-state index < -0.39 is 0 Å². The second kappa shape index (κ2) is 5.06. The molecule has 0 heteroatoms. The van der Waals surface area contributed by atoms with Crippen molar-refractivity contribution in [2.45, 2.75) is 0 Å². The lowest BCUT2D eigenvalue weighted by molar-refractivity contribution is 1.78. The van der Waals surface area contributed by atoms with E-state index in [9.17, 15) is 0 Å². The fourth-order valence-corrected chi connectivity index (χ4v) is 4.32. The van der Waals surface area contributed by atoms with Gasteiger partial charge in [-0.05, 0) is 78.1 Å². The van der Waals surface area contributed by atoms with Crippen LogP contribution in [0.2, 0.25) is 0 Å². The summed E-state index contributed by atoms with van der Waals surface area (Å²) < 4.78 is 0. The molecule has 0 aliphatic rings. The van der Waals surface area contributed by atoms with E-state index in [1.54, 1.807) is 0 Å². The Morgan fingerprint density at radius 2 is 0.538 bits per heavy atom. The molecular weight excluding hydrogens is 312 g/mol. The van der Waals surface area contributed by atoms with Gasteiger partial charge in [-0.15, -0.1) is 0 Å². The molecule has 0 N–H and O–H groups in total. The van der Waals surface area contributed by atoms with E-state index in [1.165, 1.54) is 53.9 Å². The van der Waals surface area contributed by atoms with Crippen LogP contribution in [0.3, 0.4) is 0 Å². The van der Waals surface area contributed by atoms with E-state index in [1.807, 2.05) is 0 Å². The summed E-state index contributed by atoms with van der Waals surface area (Å²) in [6.45, 7) is 0. The SMILES string of the molecule is c1ccc2cc3c(cc2c1)c1ccccc1c1cc2ccccc2cc13. The topological polar surface area (TPSA) is 0 Å². The maximum absolute atomic E-state index is 2.36. The molecule has 0 nitrogen and oxygen atoms in total. The van der Waals surface area contributed by atoms with Crippen LogP contribution in [0.5, 0.6) is 0 Å². The van der Waals surface area contributed by atoms with Crippen molar-refractivity contribution >= 4 is 53.9 Å². The molecule has 0 aromatic heterocycles. The highest BCUT2D eigenvalue weighted by molar-refractivity contribution is 6.28. The van der Waals surface area contributed by atoms with Crippen molar-refractivity contribution in [1.82, 2.24) is 0 Å². The molecule has 120 valence electrons. The minimum Gasteiger partial charge on any atom is -0.0616 e. The molecule has 26 heavy (non-hydrogen) atoms. The van der Waals surface area contributed by atoms with Crippen molar-refractivity contribution in [3.8, 4) is 0 Å². The molecule has 6 rings (SSSR count). The molecule has 0 heterocycles. The second-order valence-corrected chi connectivity index (χ2v) is 7.04. The average Bonchev–Trinajstić information content (AvgIpc) is 2.71. The lowest BCUT2D eigenvalue weighted by Crippen LogP contribution is -1.85. The van der Waals surface area contributed by atoms with Crippen molar-refractivity contribution in [2.75, 3.05) is 0 Å². The molecule has 0 aliphatic carbocycles. The number of fused-ring (bicyclic) bond motifs is 8. The molecule has 0 saturated carbocycles. The smallest absolute Gasteiger partial charge is 0.00923 e. The minimum atomic E-state index is 1.30. The first kappa shape index (κ1) is 13.9. The summed E-state index contributed by atoms with van der Waals surface area (Å²) in [5, 5.41) is 13.2. The van der Waals surface area contributed by atoms with Crippen molar-refractivity contribution in [1.29, 1.82) is 0 Å². The van der Waals surface area contributed by atoms with Crippen molar-refractivity contribution in [3.05, 3.63) is 97.1 Å². The Labute approximate surface area is 151 Å². The summed E-state index contributed by atoms with van der Waals surface area (Å²) in [4.78, 5) is 0. The molecule has 0 bridgehead atoms. The highest BCUT2D eigenvalue weighted by Gasteiger charge is 2.10. The summed E-state index contributed by atoms with van der Waals surface area (Å²) in [5.74, 6) is 0. The predicted octanol–water partition coefficient (Wildman–Crippen LogP) is 7.45. The number of benzene rings is 6. The average molecular weight is 328 g/mol. The van der Waals surface area contributed by atoms with Gasteiger partial charge in [-0.3, -0.25) is 0 Å². The zero-order valence-corrected chi connectivity index (χ0v) is 14.2. The molecule has 0 aliphatic heterocycles. The molecular formula is C26H16. The molecule has 0 fully saturated rings. The Balaban J connectivity index is 1.97. The summed E-state index contributed by atoms with van der Waals surface area (Å²) in [7, 11) is 0. The second-order valence-electron chi connectivity index (χ2n) is 7.04. The Hall–Kier alpha value is -3.38. The van der Waals surface area contributed by atoms with E-state index >= 15 is 0 Å². The summed E-state index contributed by atoms with van der Waals surface area (Å²) >= 11 is 0. The summed E-state index contributed by atoms with van der Waals surface area (Å²) in [5.41, 5.74) is 0. The zero-order valence-electron chi connectivity index (χ0n) is 14.2. The van der Waals surface area contributed by atoms with Crippen LogP contribution >= 0.6 is 0 Å². The first-order valence-electron chi connectivity index (χ1n) is 9.04. The Kier molecular flexibility index (Phi) is 2.70. The summed E-state index contributed by atoms with van der Waals surface area (Å²) in [6, 6.07) is 35.5. The first-order chi connectivity index (χ1) is 12.9. The minimum absolute atomic E-state index is 1.30. The first-order valence-corrected chi connectivity index (χ1v) is 9.04. The largest absolute Gasteiger partial charge is 0.0616 e. The van der Waals surface area contributed by atoms with E-state index in [-0.39, 0.29) is 0 Å². The van der Waals surface area contributed by atoms with E-state index in [0.29, 0.717) is 0 Å². The van der Waals surface area contributed by atoms with Crippen LogP contribution in [0, 0.1) is 0 Å². The van der Waals surface area contributed by atoms with Gasteiger partial charge < -0.3 is 0 Å². The van der Waals surface area contributed by atoms with Crippen LogP contribution in [0.15, 0.2) is 97.1 Å². The Bertz CT molecular complexity index is 1360. The van der Waals surface area contributed by atoms with Crippen molar-refractivity contribution in [2.24, 2.45) is 0 Å². The Morgan fingerprint density at radius 1 is 0.269 bits per heavy atom. The van der Waals surface area contributed by atoms with Crippen LogP contribution in [0.4, 0.5) is 0 Å². The van der Waals surface area contributed by atoms with Gasteiger partial charge in [-0.2, -0.15) is 0 Å². The van der Waals surface area contributed by atoms with E-state index in [2.05, 4.69) is 97.1 Å². The normalized spacial score (nSPS) is 11.8. The Morgan fingerprint density at radius 3 is 0.885 bits per heavy atom. The molecule has 0 spiro atoms. The quantitative estimate of drug-likeness (QED) is 0.200. The van der Waals surface area contributed by atoms with Gasteiger partial charge in [0, 0.05) is 0 Å². The third-order valence-electron chi connectivity index (χ3n) is 5.57. The molecule has 0 atom stereocenters. The maximum Gasteiger partial charge on any atom is -0.00923 e. The number of rotatable bonds is 0. The van der Waals surface area contributed by atoms with Gasteiger partial charge in [-0.25, -0.2) is 0 Å². The third kappa shape index (κ3) is 1.84. The third-order valence-corrected chi connectivity index (χ3v) is 5.57. The highest BCUT2D eigenvalue weighted by Crippen LogP contribution is 2.38. The maximum atomic E-state index is 2.36. The lowest BCUT2D eigenvalue weighted by atomic mass is 9.91. The van der Waals surface area contributed by atoms with Gasteiger partial charge >= 0.3 is 0 Å². The standard InChI is InChI=1S/C26H16/c1-3-9-19-15-25-23(13-17(19)7-1)21-11-5-6-12-22(21)24-14-18-8-2-4-10-20(18)16-26(24)25/h1-16H. The van der Waals surface area contributed by atoms with Crippen molar-refractivity contribution < 1.29 is 0 Å². The van der Waals surface area contributed by atoms with Gasteiger partial charge in [0.1, 0.15) is 0 Å². The molecule has 0 amide bonds. The molecule has 0 saturated heterocycles. The predicted molar refractivity (Wildman–Crippen MR) is 114 cm³/mol. The van der Waals surface area contributed by atoms with Crippen LogP contribution in [-0.4, -0.2) is 0 Å². The van der Waals surface area contributed by atoms with Gasteiger partial charge in [-0.1, -0.05) is 72.8 Å². The zero-order chi connectivity index (χ0) is 17.1. The molecule has 6 aromatic rings. The van der Waals surface area contributed by atoms with Crippen LogP contribution in [-0.2, 0) is 0 Å². The number of hydrogen-bond acceptors (Lipinski definition) is 0. The molecule has 0 unspecified atom stereocenters. The van der Waals surface area contributed by atoms with Crippen LogP contribution in [0.1, 0.15) is 0 Å². The lowest BCUT2D eigenvalue weighted by Gasteiger charge is -2.13. The van der Waals surface area contributed by atoms with Crippen LogP contribution < -0.4 is 0 Å². The number of hydrogen-bond donors (Lipinski definition) is 0. The van der Waals surface area contributed by atoms with Gasteiger partial charge in [0.25, 0.3) is 0 Å². The van der Waals surface area contributed by atoms with Gasteiger partial charge in [0.15, 0.2) is 0 Å². The van der Waals surface area contributed by atoms with Gasteiger partial charge in [0.2, 0.25) is 0 Å². The van der Waals surface area contributed by atoms with Gasteiger partial charge in [0.05, 0.1) is 0 Å². The van der Waals surface area contributed by atoms with E-state index in [0.717, 1.165) is 0 Å².